The van der Waals surface area contributed by atoms with Crippen LogP contribution in [0.3, 0.4) is 0 Å². The first kappa shape index (κ1) is 24.4. The van der Waals surface area contributed by atoms with Gasteiger partial charge in [0.15, 0.2) is 0 Å². The van der Waals surface area contributed by atoms with E-state index in [4.69, 9.17) is 0 Å². The molecule has 2 amide bonds. The van der Waals surface area contributed by atoms with Crippen molar-refractivity contribution >= 4 is 11.8 Å². The molecule has 1 atom stereocenters. The Morgan fingerprint density at radius 3 is 2.14 bits per heavy atom. The minimum Gasteiger partial charge on any atom is -0.350 e. The maximum Gasteiger partial charge on any atom is 0.257 e. The number of nitrogens with one attached hydrogen (secondary N) is 2. The second-order valence-electron chi connectivity index (χ2n) is 9.30. The second-order valence-corrected chi connectivity index (χ2v) is 9.30. The minimum atomic E-state index is -0.552. The molecule has 35 heavy (non-hydrogen) atoms. The third-order valence-corrected chi connectivity index (χ3v) is 6.28. The van der Waals surface area contributed by atoms with Crippen LogP contribution in [0.2, 0.25) is 0 Å². The Kier molecular flexibility index (Phi) is 7.77. The lowest BCUT2D eigenvalue weighted by Gasteiger charge is -2.18. The van der Waals surface area contributed by atoms with Crippen LogP contribution in [0.4, 0.5) is 0 Å². The summed E-state index contributed by atoms with van der Waals surface area (Å²) in [7, 11) is 0. The molecule has 0 aliphatic carbocycles. The van der Waals surface area contributed by atoms with Gasteiger partial charge in [0.25, 0.3) is 11.8 Å². The van der Waals surface area contributed by atoms with Crippen molar-refractivity contribution in [2.24, 2.45) is 0 Å². The first-order valence-corrected chi connectivity index (χ1v) is 12.1. The number of carbonyl (C=O) groups excluding carboxylic acids is 2. The maximum atomic E-state index is 13.2. The summed E-state index contributed by atoms with van der Waals surface area (Å²) in [6.07, 6.45) is 3.89. The predicted octanol–water partition coefficient (Wildman–Crippen LogP) is 3.36. The zero-order valence-corrected chi connectivity index (χ0v) is 20.2. The Morgan fingerprint density at radius 1 is 0.914 bits per heavy atom. The van der Waals surface area contributed by atoms with E-state index in [-0.39, 0.29) is 23.2 Å². The van der Waals surface area contributed by atoms with Crippen LogP contribution in [0, 0.1) is 0 Å². The van der Waals surface area contributed by atoms with Gasteiger partial charge in [0, 0.05) is 50.7 Å². The van der Waals surface area contributed by atoms with E-state index < -0.39 is 17.2 Å². The van der Waals surface area contributed by atoms with Crippen LogP contribution in [0.15, 0.2) is 77.9 Å². The molecule has 182 valence electrons. The number of hydrogen-bond acceptors (Lipinski definition) is 4. The molecule has 1 unspecified atom stereocenters. The van der Waals surface area contributed by atoms with Gasteiger partial charge in [0.1, 0.15) is 11.1 Å². The number of nitrogens with zero attached hydrogens (tertiary/aromatic N) is 2. The molecule has 4 rings (SSSR count). The summed E-state index contributed by atoms with van der Waals surface area (Å²) in [5.41, 5.74) is 1.57. The fourth-order valence-corrected chi connectivity index (χ4v) is 4.29. The molecule has 0 spiro atoms. The summed E-state index contributed by atoms with van der Waals surface area (Å²) in [5.74, 6) is -0.925. The summed E-state index contributed by atoms with van der Waals surface area (Å²) in [6.45, 7) is 6.60. The lowest BCUT2D eigenvalue weighted by molar-refractivity contribution is 0.0935. The fraction of sp³-hybridized carbons (Fsp3) is 0.321. The van der Waals surface area contributed by atoms with Crippen LogP contribution < -0.4 is 16.1 Å². The van der Waals surface area contributed by atoms with Crippen LogP contribution in [0.25, 0.3) is 0 Å². The molecule has 3 aromatic rings. The van der Waals surface area contributed by atoms with Crippen molar-refractivity contribution in [2.45, 2.75) is 45.4 Å². The third kappa shape index (κ3) is 6.25. The highest BCUT2D eigenvalue weighted by molar-refractivity contribution is 5.99. The van der Waals surface area contributed by atoms with Gasteiger partial charge in [0.2, 0.25) is 5.43 Å². The molecular weight excluding hydrogens is 440 g/mol. The molecule has 1 fully saturated rings. The molecule has 1 saturated heterocycles. The Bertz CT molecular complexity index is 1220. The molecule has 1 aromatic heterocycles. The topological polar surface area (TPSA) is 83.4 Å². The van der Waals surface area contributed by atoms with Crippen molar-refractivity contribution in [1.82, 2.24) is 20.1 Å². The highest BCUT2D eigenvalue weighted by Crippen LogP contribution is 2.14. The lowest BCUT2D eigenvalue weighted by atomic mass is 10.1. The summed E-state index contributed by atoms with van der Waals surface area (Å²) in [5, 5.41) is 5.82. The minimum absolute atomic E-state index is 0.00688. The van der Waals surface area contributed by atoms with Crippen molar-refractivity contribution in [3.63, 3.8) is 0 Å². The largest absolute Gasteiger partial charge is 0.350 e. The number of carbonyl (C=O) groups is 2. The van der Waals surface area contributed by atoms with Crippen LogP contribution in [0.5, 0.6) is 0 Å². The summed E-state index contributed by atoms with van der Waals surface area (Å²) in [4.78, 5) is 41.5. The summed E-state index contributed by atoms with van der Waals surface area (Å²) >= 11 is 0. The quantitative estimate of drug-likeness (QED) is 0.527. The Morgan fingerprint density at radius 2 is 1.51 bits per heavy atom. The summed E-state index contributed by atoms with van der Waals surface area (Å²) in [6, 6.07) is 19.6. The van der Waals surface area contributed by atoms with Gasteiger partial charge in [-0.25, -0.2) is 0 Å². The van der Waals surface area contributed by atoms with Crippen molar-refractivity contribution in [2.75, 3.05) is 13.1 Å². The second kappa shape index (κ2) is 11.1. The van der Waals surface area contributed by atoms with Crippen LogP contribution >= 0.6 is 0 Å². The number of benzene rings is 2. The number of aromatic nitrogens is 1. The van der Waals surface area contributed by atoms with Gasteiger partial charge >= 0.3 is 0 Å². The lowest BCUT2D eigenvalue weighted by Crippen LogP contribution is -2.40. The summed E-state index contributed by atoms with van der Waals surface area (Å²) < 4.78 is 1.74. The number of likely N-dealkylation sites (tertiary alicyclic amines) is 1. The fourth-order valence-electron chi connectivity index (χ4n) is 4.29. The smallest absolute Gasteiger partial charge is 0.257 e. The van der Waals surface area contributed by atoms with Gasteiger partial charge in [-0.3, -0.25) is 19.3 Å². The van der Waals surface area contributed by atoms with Gasteiger partial charge in [-0.2, -0.15) is 0 Å². The molecule has 2 aromatic carbocycles. The van der Waals surface area contributed by atoms with Gasteiger partial charge in [-0.05, 0) is 31.4 Å². The molecule has 0 saturated carbocycles. The Balaban J connectivity index is 1.46. The molecule has 1 aliphatic rings. The number of hydrogen-bond donors (Lipinski definition) is 2. The van der Waals surface area contributed by atoms with Crippen LogP contribution in [0.1, 0.15) is 58.2 Å². The van der Waals surface area contributed by atoms with Gasteiger partial charge in [-0.15, -0.1) is 0 Å². The van der Waals surface area contributed by atoms with Crippen molar-refractivity contribution in [1.29, 1.82) is 0 Å². The van der Waals surface area contributed by atoms with Crippen molar-refractivity contribution < 1.29 is 9.59 Å². The van der Waals surface area contributed by atoms with E-state index in [0.717, 1.165) is 31.6 Å². The van der Waals surface area contributed by atoms with E-state index in [1.165, 1.54) is 11.8 Å². The van der Waals surface area contributed by atoms with Gasteiger partial charge < -0.3 is 15.2 Å². The standard InChI is InChI=1S/C28H32N4O3/c1-20(2)32-18-24(27(34)29-15-21-9-5-3-6-10-21)26(33)25(19-32)28(35)30-23-13-14-31(17-23)16-22-11-7-4-8-12-22/h3-12,18-20,23H,13-17H2,1-2H3,(H,29,34)(H,30,35). The number of rotatable bonds is 8. The highest BCUT2D eigenvalue weighted by Gasteiger charge is 2.26. The zero-order chi connectivity index (χ0) is 24.8. The van der Waals surface area contributed by atoms with Gasteiger partial charge in [-0.1, -0.05) is 60.7 Å². The SMILES string of the molecule is CC(C)n1cc(C(=O)NCc2ccccc2)c(=O)c(C(=O)NC2CCN(Cc3ccccc3)C2)c1. The molecule has 2 N–H and O–H groups in total. The first-order chi connectivity index (χ1) is 16.9. The monoisotopic (exact) mass is 472 g/mol. The molecule has 1 aliphatic heterocycles. The Hall–Kier alpha value is -3.71. The van der Waals surface area contributed by atoms with E-state index in [9.17, 15) is 14.4 Å². The molecular formula is C28H32N4O3. The maximum absolute atomic E-state index is 13.2. The number of pyridine rings is 1. The molecule has 0 radical (unpaired) electrons. The molecule has 7 nitrogen and oxygen atoms in total. The van der Waals surface area contributed by atoms with Crippen LogP contribution in [-0.4, -0.2) is 40.4 Å². The van der Waals surface area contributed by atoms with E-state index >= 15 is 0 Å². The molecule has 2 heterocycles. The van der Waals surface area contributed by atoms with E-state index in [1.54, 1.807) is 10.8 Å². The van der Waals surface area contributed by atoms with E-state index in [0.29, 0.717) is 6.54 Å². The average molecular weight is 473 g/mol. The van der Waals surface area contributed by atoms with Crippen LogP contribution in [-0.2, 0) is 13.1 Å². The average Bonchev–Trinajstić information content (AvgIpc) is 3.30. The van der Waals surface area contributed by atoms with Gasteiger partial charge in [0.05, 0.1) is 0 Å². The normalized spacial score (nSPS) is 15.8. The van der Waals surface area contributed by atoms with E-state index in [1.807, 2.05) is 62.4 Å². The molecule has 7 heteroatoms. The van der Waals surface area contributed by atoms with Crippen molar-refractivity contribution in [3.8, 4) is 0 Å². The van der Waals surface area contributed by atoms with E-state index in [2.05, 4.69) is 27.7 Å². The Labute approximate surface area is 205 Å². The molecule has 0 bridgehead atoms. The predicted molar refractivity (Wildman–Crippen MR) is 136 cm³/mol. The number of amides is 2. The first-order valence-electron chi connectivity index (χ1n) is 12.1. The third-order valence-electron chi connectivity index (χ3n) is 6.28. The van der Waals surface area contributed by atoms with Crippen molar-refractivity contribution in [3.05, 3.63) is 106 Å². The zero-order valence-electron chi connectivity index (χ0n) is 20.2. The highest BCUT2D eigenvalue weighted by atomic mass is 16.2.